The van der Waals surface area contributed by atoms with Crippen LogP contribution in [0.2, 0.25) is 5.02 Å². The van der Waals surface area contributed by atoms with Gasteiger partial charge >= 0.3 is 0 Å². The van der Waals surface area contributed by atoms with E-state index in [1.54, 1.807) is 44.2 Å². The number of aryl methyl sites for hydroxylation is 2. The Bertz CT molecular complexity index is 784. The summed E-state index contributed by atoms with van der Waals surface area (Å²) in [6.45, 7) is 2.96. The number of amides is 3. The van der Waals surface area contributed by atoms with E-state index in [1.807, 2.05) is 0 Å². The third-order valence-electron chi connectivity index (χ3n) is 3.27. The molecule has 0 radical (unpaired) electrons. The van der Waals surface area contributed by atoms with Crippen molar-refractivity contribution in [2.45, 2.75) is 13.8 Å². The van der Waals surface area contributed by atoms with Crippen LogP contribution in [0.5, 0.6) is 0 Å². The second-order valence-electron chi connectivity index (χ2n) is 5.34. The Morgan fingerprint density at radius 1 is 1.00 bits per heavy atom. The van der Waals surface area contributed by atoms with Crippen molar-refractivity contribution in [2.75, 3.05) is 18.4 Å². The van der Waals surface area contributed by atoms with Crippen molar-refractivity contribution in [2.24, 2.45) is 0 Å². The Hall–Kier alpha value is -2.80. The summed E-state index contributed by atoms with van der Waals surface area (Å²) in [5.41, 5.74) is 0.952. The zero-order valence-corrected chi connectivity index (χ0v) is 14.6. The number of halogens is 1. The summed E-state index contributed by atoms with van der Waals surface area (Å²) in [7, 11) is 0. The quantitative estimate of drug-likeness (QED) is 0.731. The number of nitrogens with one attached hydrogen (secondary N) is 3. The number of hydrogen-bond donors (Lipinski definition) is 3. The first-order chi connectivity index (χ1) is 11.8. The Morgan fingerprint density at radius 2 is 1.64 bits per heavy atom. The lowest BCUT2D eigenvalue weighted by Gasteiger charge is -2.08. The molecule has 0 atom stereocenters. The lowest BCUT2D eigenvalue weighted by molar-refractivity contribution is -0.123. The van der Waals surface area contributed by atoms with E-state index in [0.717, 1.165) is 0 Å². The van der Waals surface area contributed by atoms with Crippen molar-refractivity contribution < 1.29 is 18.8 Å². The fourth-order valence-corrected chi connectivity index (χ4v) is 2.22. The highest BCUT2D eigenvalue weighted by Crippen LogP contribution is 2.13. The molecule has 3 amide bonds. The molecule has 1 aromatic carbocycles. The number of hydrogen-bond acceptors (Lipinski definition) is 4. The second-order valence-corrected chi connectivity index (χ2v) is 5.78. The molecule has 1 aromatic heterocycles. The number of benzene rings is 1. The first kappa shape index (κ1) is 18.5. The van der Waals surface area contributed by atoms with Crippen LogP contribution in [0.3, 0.4) is 0 Å². The van der Waals surface area contributed by atoms with Crippen molar-refractivity contribution >= 4 is 35.0 Å². The van der Waals surface area contributed by atoms with Crippen molar-refractivity contribution in [3.8, 4) is 0 Å². The van der Waals surface area contributed by atoms with E-state index in [2.05, 4.69) is 16.0 Å². The van der Waals surface area contributed by atoms with Gasteiger partial charge in [0.15, 0.2) is 0 Å². The van der Waals surface area contributed by atoms with Gasteiger partial charge in [0.1, 0.15) is 11.5 Å². The van der Waals surface area contributed by atoms with Gasteiger partial charge in [0.25, 0.3) is 5.91 Å². The molecule has 0 unspecified atom stereocenters. The highest BCUT2D eigenvalue weighted by atomic mass is 35.5. The van der Waals surface area contributed by atoms with Crippen molar-refractivity contribution in [1.29, 1.82) is 0 Å². The zero-order chi connectivity index (χ0) is 18.4. The summed E-state index contributed by atoms with van der Waals surface area (Å²) in [4.78, 5) is 35.4. The van der Waals surface area contributed by atoms with Gasteiger partial charge in [-0.3, -0.25) is 14.4 Å². The van der Waals surface area contributed by atoms with E-state index >= 15 is 0 Å². The van der Waals surface area contributed by atoms with E-state index in [-0.39, 0.29) is 19.0 Å². The molecule has 0 bridgehead atoms. The normalized spacial score (nSPS) is 10.2. The molecular formula is C17H18ClN3O4. The molecule has 132 valence electrons. The molecule has 3 N–H and O–H groups in total. The molecule has 0 saturated heterocycles. The minimum atomic E-state index is -0.475. The summed E-state index contributed by atoms with van der Waals surface area (Å²) in [5, 5.41) is 8.07. The summed E-state index contributed by atoms with van der Waals surface area (Å²) in [6.07, 6.45) is 0. The van der Waals surface area contributed by atoms with Crippen molar-refractivity contribution in [3.63, 3.8) is 0 Å². The smallest absolute Gasteiger partial charge is 0.255 e. The molecule has 2 aromatic rings. The highest BCUT2D eigenvalue weighted by Gasteiger charge is 2.14. The first-order valence-corrected chi connectivity index (χ1v) is 7.90. The number of rotatable bonds is 6. The third kappa shape index (κ3) is 5.65. The van der Waals surface area contributed by atoms with Crippen LogP contribution in [-0.4, -0.2) is 30.8 Å². The lowest BCUT2D eigenvalue weighted by atomic mass is 10.2. The fraction of sp³-hybridized carbons (Fsp3) is 0.235. The van der Waals surface area contributed by atoms with Gasteiger partial charge in [-0.25, -0.2) is 0 Å². The van der Waals surface area contributed by atoms with Gasteiger partial charge in [-0.1, -0.05) is 11.6 Å². The standard InChI is InChI=1S/C17H18ClN3O4/c1-10-7-14(11(2)25-10)17(24)20-8-15(22)19-9-16(23)21-13-5-3-12(18)4-6-13/h3-7H,8-9H2,1-2H3,(H,19,22)(H,20,24)(H,21,23). The predicted molar refractivity (Wildman–Crippen MR) is 93.6 cm³/mol. The Labute approximate surface area is 149 Å². The number of carbonyl (C=O) groups excluding carboxylic acids is 3. The van der Waals surface area contributed by atoms with Gasteiger partial charge in [-0.05, 0) is 44.2 Å². The molecule has 0 aliphatic carbocycles. The monoisotopic (exact) mass is 363 g/mol. The number of carbonyl (C=O) groups is 3. The van der Waals surface area contributed by atoms with Crippen molar-refractivity contribution in [3.05, 3.63) is 52.4 Å². The molecular weight excluding hydrogens is 346 g/mol. The van der Waals surface area contributed by atoms with E-state index < -0.39 is 11.8 Å². The summed E-state index contributed by atoms with van der Waals surface area (Å²) < 4.78 is 5.26. The van der Waals surface area contributed by atoms with Gasteiger partial charge in [0.2, 0.25) is 11.8 Å². The second kappa shape index (κ2) is 8.34. The minimum absolute atomic E-state index is 0.207. The molecule has 0 aliphatic heterocycles. The zero-order valence-electron chi connectivity index (χ0n) is 13.8. The number of anilines is 1. The Kier molecular flexibility index (Phi) is 6.19. The fourth-order valence-electron chi connectivity index (χ4n) is 2.09. The third-order valence-corrected chi connectivity index (χ3v) is 3.52. The predicted octanol–water partition coefficient (Wildman–Crippen LogP) is 2.03. The molecule has 0 aliphatic rings. The maximum Gasteiger partial charge on any atom is 0.255 e. The van der Waals surface area contributed by atoms with Gasteiger partial charge in [0.05, 0.1) is 18.7 Å². The molecule has 25 heavy (non-hydrogen) atoms. The number of furan rings is 1. The largest absolute Gasteiger partial charge is 0.466 e. The van der Waals surface area contributed by atoms with Crippen molar-refractivity contribution in [1.82, 2.24) is 10.6 Å². The van der Waals surface area contributed by atoms with Gasteiger partial charge in [0, 0.05) is 10.7 Å². The van der Waals surface area contributed by atoms with E-state index in [0.29, 0.717) is 27.8 Å². The minimum Gasteiger partial charge on any atom is -0.466 e. The van der Waals surface area contributed by atoms with Crippen LogP contribution in [0.25, 0.3) is 0 Å². The maximum absolute atomic E-state index is 11.9. The van der Waals surface area contributed by atoms with Crippen LogP contribution >= 0.6 is 11.6 Å². The van der Waals surface area contributed by atoms with Crippen LogP contribution in [0.4, 0.5) is 5.69 Å². The molecule has 7 nitrogen and oxygen atoms in total. The highest BCUT2D eigenvalue weighted by molar-refractivity contribution is 6.30. The van der Waals surface area contributed by atoms with Gasteiger partial charge in [-0.2, -0.15) is 0 Å². The van der Waals surface area contributed by atoms with Gasteiger partial charge < -0.3 is 20.4 Å². The van der Waals surface area contributed by atoms with Crippen LogP contribution in [0.1, 0.15) is 21.9 Å². The maximum atomic E-state index is 11.9. The first-order valence-electron chi connectivity index (χ1n) is 7.52. The van der Waals surface area contributed by atoms with Gasteiger partial charge in [-0.15, -0.1) is 0 Å². The molecule has 8 heteroatoms. The molecule has 0 spiro atoms. The van der Waals surface area contributed by atoms with Crippen LogP contribution in [0.15, 0.2) is 34.7 Å². The summed E-state index contributed by atoms with van der Waals surface area (Å²) >= 11 is 5.76. The molecule has 2 rings (SSSR count). The van der Waals surface area contributed by atoms with E-state index in [9.17, 15) is 14.4 Å². The Morgan fingerprint density at radius 3 is 2.24 bits per heavy atom. The Balaban J connectivity index is 1.73. The van der Waals surface area contributed by atoms with Crippen LogP contribution in [0, 0.1) is 13.8 Å². The van der Waals surface area contributed by atoms with E-state index in [4.69, 9.17) is 16.0 Å². The average Bonchev–Trinajstić information content (AvgIpc) is 2.91. The van der Waals surface area contributed by atoms with Crippen LogP contribution < -0.4 is 16.0 Å². The molecule has 0 fully saturated rings. The molecule has 0 saturated carbocycles. The van der Waals surface area contributed by atoms with Crippen LogP contribution in [-0.2, 0) is 9.59 Å². The SMILES string of the molecule is Cc1cc(C(=O)NCC(=O)NCC(=O)Nc2ccc(Cl)cc2)c(C)o1. The average molecular weight is 364 g/mol. The van der Waals surface area contributed by atoms with E-state index in [1.165, 1.54) is 0 Å². The topological polar surface area (TPSA) is 100 Å². The molecule has 1 heterocycles. The lowest BCUT2D eigenvalue weighted by Crippen LogP contribution is -2.40. The summed E-state index contributed by atoms with van der Waals surface area (Å²) in [5.74, 6) is -0.167. The summed E-state index contributed by atoms with van der Waals surface area (Å²) in [6, 6.07) is 8.19.